The van der Waals surface area contributed by atoms with Gasteiger partial charge in [-0.25, -0.2) is 0 Å². The van der Waals surface area contributed by atoms with Crippen molar-refractivity contribution in [2.24, 2.45) is 5.92 Å². The predicted molar refractivity (Wildman–Crippen MR) is 56.4 cm³/mol. The molecule has 0 bridgehead atoms. The summed E-state index contributed by atoms with van der Waals surface area (Å²) in [5.41, 5.74) is 2.20. The third-order valence-corrected chi connectivity index (χ3v) is 3.33. The molecular weight excluding hydrogens is 198 g/mol. The maximum absolute atomic E-state index is 9.75. The van der Waals surface area contributed by atoms with E-state index in [0.29, 0.717) is 5.92 Å². The van der Waals surface area contributed by atoms with Gasteiger partial charge >= 0.3 is 0 Å². The molecule has 0 saturated carbocycles. The quantitative estimate of drug-likeness (QED) is 0.814. The summed E-state index contributed by atoms with van der Waals surface area (Å²) in [5, 5.41) is 10.5. The molecule has 0 radical (unpaired) electrons. The first kappa shape index (κ1) is 9.94. The Morgan fingerprint density at radius 1 is 1.64 bits per heavy atom. The van der Waals surface area contributed by atoms with Gasteiger partial charge in [0.25, 0.3) is 0 Å². The van der Waals surface area contributed by atoms with E-state index in [0.717, 1.165) is 35.5 Å². The summed E-state index contributed by atoms with van der Waals surface area (Å²) in [7, 11) is 0. The summed E-state index contributed by atoms with van der Waals surface area (Å²) in [6.45, 7) is 2.00. The Morgan fingerprint density at radius 2 is 2.43 bits per heavy atom. The Balaban J connectivity index is 2.22. The summed E-state index contributed by atoms with van der Waals surface area (Å²) < 4.78 is 0. The monoisotopic (exact) mass is 211 g/mol. The minimum atomic E-state index is -0.222. The highest BCUT2D eigenvalue weighted by Gasteiger charge is 2.28. The zero-order valence-corrected chi connectivity index (χ0v) is 8.96. The van der Waals surface area contributed by atoms with Crippen LogP contribution in [0.3, 0.4) is 0 Å². The van der Waals surface area contributed by atoms with E-state index in [-0.39, 0.29) is 6.10 Å². The summed E-state index contributed by atoms with van der Waals surface area (Å²) in [5.74, 6) is 0.308. The van der Waals surface area contributed by atoms with Crippen molar-refractivity contribution < 1.29 is 5.11 Å². The predicted octanol–water partition coefficient (Wildman–Crippen LogP) is 2.22. The van der Waals surface area contributed by atoms with Crippen LogP contribution in [0.2, 0.25) is 5.02 Å². The molecule has 3 heteroatoms. The smallest absolute Gasteiger partial charge is 0.0572 e. The normalized spacial score (nSPS) is 22.1. The van der Waals surface area contributed by atoms with Gasteiger partial charge in [0, 0.05) is 16.9 Å². The van der Waals surface area contributed by atoms with Gasteiger partial charge in [-0.3, -0.25) is 4.98 Å². The first-order valence-electron chi connectivity index (χ1n) is 5.02. The van der Waals surface area contributed by atoms with Gasteiger partial charge in [-0.2, -0.15) is 0 Å². The molecule has 0 spiro atoms. The first-order valence-corrected chi connectivity index (χ1v) is 5.40. The Hall–Kier alpha value is -0.600. The SMILES string of the molecule is CCC(O)C1Cc2nccc(Cl)c2C1. The molecule has 1 heterocycles. The van der Waals surface area contributed by atoms with Gasteiger partial charge < -0.3 is 5.11 Å². The van der Waals surface area contributed by atoms with Crippen molar-refractivity contribution >= 4 is 11.6 Å². The minimum absolute atomic E-state index is 0.222. The Kier molecular flexibility index (Phi) is 2.75. The van der Waals surface area contributed by atoms with Crippen LogP contribution in [-0.2, 0) is 12.8 Å². The number of aromatic nitrogens is 1. The number of aliphatic hydroxyl groups is 1. The number of fused-ring (bicyclic) bond motifs is 1. The fraction of sp³-hybridized carbons (Fsp3) is 0.545. The number of aliphatic hydroxyl groups excluding tert-OH is 1. The maximum Gasteiger partial charge on any atom is 0.0572 e. The molecule has 2 atom stereocenters. The molecule has 0 aromatic carbocycles. The molecule has 76 valence electrons. The van der Waals surface area contributed by atoms with Crippen LogP contribution in [0, 0.1) is 5.92 Å². The molecule has 2 unspecified atom stereocenters. The van der Waals surface area contributed by atoms with Crippen LogP contribution in [-0.4, -0.2) is 16.2 Å². The van der Waals surface area contributed by atoms with Crippen molar-refractivity contribution in [2.75, 3.05) is 0 Å². The van der Waals surface area contributed by atoms with Crippen LogP contribution in [0.1, 0.15) is 24.6 Å². The average Bonchev–Trinajstić information content (AvgIpc) is 2.62. The first-order chi connectivity index (χ1) is 6.72. The van der Waals surface area contributed by atoms with Crippen LogP contribution >= 0.6 is 11.6 Å². The number of pyridine rings is 1. The van der Waals surface area contributed by atoms with Gasteiger partial charge in [0.1, 0.15) is 0 Å². The highest BCUT2D eigenvalue weighted by molar-refractivity contribution is 6.31. The topological polar surface area (TPSA) is 33.1 Å². The number of hydrogen-bond donors (Lipinski definition) is 1. The van der Waals surface area contributed by atoms with Crippen molar-refractivity contribution in [1.82, 2.24) is 4.98 Å². The van der Waals surface area contributed by atoms with Crippen LogP contribution in [0.25, 0.3) is 0 Å². The molecule has 2 nitrogen and oxygen atoms in total. The van der Waals surface area contributed by atoms with Gasteiger partial charge in [0.05, 0.1) is 6.10 Å². The highest BCUT2D eigenvalue weighted by Crippen LogP contribution is 2.32. The Labute approximate surface area is 88.9 Å². The molecule has 1 aromatic rings. The number of halogens is 1. The lowest BCUT2D eigenvalue weighted by Gasteiger charge is -2.14. The number of hydrogen-bond acceptors (Lipinski definition) is 2. The van der Waals surface area contributed by atoms with Gasteiger partial charge in [-0.05, 0) is 36.8 Å². The highest BCUT2D eigenvalue weighted by atomic mass is 35.5. The van der Waals surface area contributed by atoms with Crippen molar-refractivity contribution in [3.8, 4) is 0 Å². The molecule has 1 aliphatic carbocycles. The minimum Gasteiger partial charge on any atom is -0.393 e. The Morgan fingerprint density at radius 3 is 3.07 bits per heavy atom. The van der Waals surface area contributed by atoms with E-state index in [2.05, 4.69) is 4.98 Å². The van der Waals surface area contributed by atoms with E-state index >= 15 is 0 Å². The van der Waals surface area contributed by atoms with Crippen LogP contribution < -0.4 is 0 Å². The number of nitrogens with zero attached hydrogens (tertiary/aromatic N) is 1. The van der Waals surface area contributed by atoms with Crippen molar-refractivity contribution in [1.29, 1.82) is 0 Å². The molecule has 1 aliphatic rings. The second-order valence-electron chi connectivity index (χ2n) is 3.86. The van der Waals surface area contributed by atoms with E-state index in [1.807, 2.05) is 13.0 Å². The molecule has 14 heavy (non-hydrogen) atoms. The van der Waals surface area contributed by atoms with Crippen LogP contribution in [0.15, 0.2) is 12.3 Å². The fourth-order valence-corrected chi connectivity index (χ4v) is 2.33. The van der Waals surface area contributed by atoms with E-state index < -0.39 is 0 Å². The summed E-state index contributed by atoms with van der Waals surface area (Å²) >= 11 is 6.06. The average molecular weight is 212 g/mol. The van der Waals surface area contributed by atoms with Gasteiger partial charge in [0.15, 0.2) is 0 Å². The van der Waals surface area contributed by atoms with Gasteiger partial charge in [-0.15, -0.1) is 0 Å². The second-order valence-corrected chi connectivity index (χ2v) is 4.27. The molecule has 0 fully saturated rings. The fourth-order valence-electron chi connectivity index (χ4n) is 2.09. The molecular formula is C11H14ClNO. The van der Waals surface area contributed by atoms with Crippen LogP contribution in [0.4, 0.5) is 0 Å². The second kappa shape index (κ2) is 3.87. The lowest BCUT2D eigenvalue weighted by Crippen LogP contribution is -2.19. The van der Waals surface area contributed by atoms with E-state index in [1.165, 1.54) is 0 Å². The van der Waals surface area contributed by atoms with E-state index in [4.69, 9.17) is 11.6 Å². The van der Waals surface area contributed by atoms with Gasteiger partial charge in [0.2, 0.25) is 0 Å². The summed E-state index contributed by atoms with van der Waals surface area (Å²) in [4.78, 5) is 4.29. The van der Waals surface area contributed by atoms with Crippen molar-refractivity contribution in [3.63, 3.8) is 0 Å². The zero-order chi connectivity index (χ0) is 10.1. The largest absolute Gasteiger partial charge is 0.393 e. The van der Waals surface area contributed by atoms with Crippen LogP contribution in [0.5, 0.6) is 0 Å². The third kappa shape index (κ3) is 1.64. The lowest BCUT2D eigenvalue weighted by atomic mass is 9.98. The molecule has 0 amide bonds. The standard InChI is InChI=1S/C11H14ClNO/c1-2-11(14)7-5-8-9(12)3-4-13-10(8)6-7/h3-4,7,11,14H,2,5-6H2,1H3. The van der Waals surface area contributed by atoms with E-state index in [9.17, 15) is 5.11 Å². The summed E-state index contributed by atoms with van der Waals surface area (Å²) in [6.07, 6.45) is 4.06. The number of rotatable bonds is 2. The molecule has 0 aliphatic heterocycles. The van der Waals surface area contributed by atoms with E-state index in [1.54, 1.807) is 6.20 Å². The molecule has 1 N–H and O–H groups in total. The lowest BCUT2D eigenvalue weighted by molar-refractivity contribution is 0.108. The van der Waals surface area contributed by atoms with Gasteiger partial charge in [-0.1, -0.05) is 18.5 Å². The maximum atomic E-state index is 9.75. The third-order valence-electron chi connectivity index (χ3n) is 2.97. The molecule has 2 rings (SSSR count). The van der Waals surface area contributed by atoms with Crippen molar-refractivity contribution in [2.45, 2.75) is 32.3 Å². The van der Waals surface area contributed by atoms with Crippen molar-refractivity contribution in [3.05, 3.63) is 28.5 Å². The Bertz CT molecular complexity index is 340. The summed E-state index contributed by atoms with van der Waals surface area (Å²) in [6, 6.07) is 1.82. The molecule has 0 saturated heterocycles. The molecule has 1 aromatic heterocycles. The zero-order valence-electron chi connectivity index (χ0n) is 8.20.